The SMILES string of the molecule is C=c1ccc2c(c1)Oc1cc(N(C)C)ccc1C=2c1cccc(/C=C/c2nnc(C)c3c2CCC(O)CCC3)c1.O=C=O. The molecule has 0 spiro atoms. The van der Waals surface area contributed by atoms with Gasteiger partial charge in [-0.1, -0.05) is 43.0 Å². The molecule has 218 valence electrons. The largest absolute Gasteiger partial charge is 0.456 e. The molecule has 4 aromatic rings. The van der Waals surface area contributed by atoms with Crippen molar-refractivity contribution in [1.29, 1.82) is 0 Å². The second kappa shape index (κ2) is 13.0. The van der Waals surface area contributed by atoms with Crippen molar-refractivity contribution in [2.45, 2.75) is 45.1 Å². The van der Waals surface area contributed by atoms with Crippen LogP contribution in [-0.2, 0) is 22.4 Å². The molecule has 0 bridgehead atoms. The van der Waals surface area contributed by atoms with Crippen molar-refractivity contribution >= 4 is 36.1 Å². The molecule has 1 aliphatic carbocycles. The highest BCUT2D eigenvalue weighted by molar-refractivity contribution is 5.87. The highest BCUT2D eigenvalue weighted by Gasteiger charge is 2.21. The van der Waals surface area contributed by atoms with Gasteiger partial charge in [0.05, 0.1) is 17.5 Å². The normalized spacial score (nSPS) is 15.4. The minimum atomic E-state index is -0.245. The van der Waals surface area contributed by atoms with E-state index in [0.717, 1.165) is 93.4 Å². The summed E-state index contributed by atoms with van der Waals surface area (Å²) in [5.74, 6) is 1.67. The van der Waals surface area contributed by atoms with Crippen molar-refractivity contribution in [2.24, 2.45) is 0 Å². The third-order valence-corrected chi connectivity index (χ3v) is 8.00. The quantitative estimate of drug-likeness (QED) is 0.329. The van der Waals surface area contributed by atoms with Crippen LogP contribution in [-0.4, -0.2) is 41.7 Å². The number of aliphatic hydroxyl groups excluding tert-OH is 1. The molecule has 0 fully saturated rings. The van der Waals surface area contributed by atoms with Gasteiger partial charge in [0.25, 0.3) is 0 Å². The third-order valence-electron chi connectivity index (χ3n) is 8.00. The fraction of sp³-hybridized carbons (Fsp3) is 0.250. The number of hydrogen-bond acceptors (Lipinski definition) is 7. The molecule has 6 rings (SSSR count). The molecule has 1 N–H and O–H groups in total. The van der Waals surface area contributed by atoms with Crippen molar-refractivity contribution in [2.75, 3.05) is 19.0 Å². The Morgan fingerprint density at radius 1 is 0.953 bits per heavy atom. The number of ether oxygens (including phenoxy) is 1. The smallest absolute Gasteiger partial charge is 0.373 e. The lowest BCUT2D eigenvalue weighted by Crippen LogP contribution is -2.20. The van der Waals surface area contributed by atoms with E-state index in [0.29, 0.717) is 0 Å². The van der Waals surface area contributed by atoms with Crippen LogP contribution in [0.15, 0.2) is 60.7 Å². The van der Waals surface area contributed by atoms with E-state index in [1.54, 1.807) is 0 Å². The third kappa shape index (κ3) is 6.49. The van der Waals surface area contributed by atoms with Gasteiger partial charge in [0.1, 0.15) is 11.5 Å². The molecule has 0 radical (unpaired) electrons. The second-order valence-corrected chi connectivity index (χ2v) is 11.1. The number of anilines is 1. The summed E-state index contributed by atoms with van der Waals surface area (Å²) >= 11 is 0. The maximum absolute atomic E-state index is 10.3. The summed E-state index contributed by atoms with van der Waals surface area (Å²) < 4.78 is 6.39. The van der Waals surface area contributed by atoms with E-state index in [1.165, 1.54) is 11.1 Å². The van der Waals surface area contributed by atoms with E-state index in [-0.39, 0.29) is 12.3 Å². The number of carbonyl (C=O) groups excluding carboxylic acids is 2. The highest BCUT2D eigenvalue weighted by Crippen LogP contribution is 2.38. The Morgan fingerprint density at radius 2 is 1.77 bits per heavy atom. The van der Waals surface area contributed by atoms with Gasteiger partial charge >= 0.3 is 6.15 Å². The first-order valence-electron chi connectivity index (χ1n) is 14.4. The number of aryl methyl sites for hydroxylation is 1. The van der Waals surface area contributed by atoms with Gasteiger partial charge in [-0.3, -0.25) is 0 Å². The molecule has 1 aromatic heterocycles. The summed E-state index contributed by atoms with van der Waals surface area (Å²) in [6.45, 7) is 6.16. The van der Waals surface area contributed by atoms with Gasteiger partial charge in [-0.2, -0.15) is 19.8 Å². The molecule has 1 aliphatic heterocycles. The first-order valence-corrected chi connectivity index (χ1v) is 14.4. The molecule has 0 saturated heterocycles. The van der Waals surface area contributed by atoms with Gasteiger partial charge in [-0.05, 0) is 96.8 Å². The van der Waals surface area contributed by atoms with Crippen LogP contribution < -0.4 is 20.1 Å². The van der Waals surface area contributed by atoms with Crippen LogP contribution >= 0.6 is 0 Å². The molecule has 0 saturated carbocycles. The van der Waals surface area contributed by atoms with Crippen LogP contribution in [0, 0.1) is 6.92 Å². The van der Waals surface area contributed by atoms with Gasteiger partial charge in [0, 0.05) is 42.2 Å². The van der Waals surface area contributed by atoms with Crippen molar-refractivity contribution < 1.29 is 19.4 Å². The van der Waals surface area contributed by atoms with Gasteiger partial charge < -0.3 is 14.7 Å². The standard InChI is InChI=1S/C35H35N3O2.CO2/c1-22-11-15-30-33(19-22)40-34-21-26(38(3)4)13-16-31(34)35(30)25-8-5-7-24(20-25)12-18-32-29-17-14-27(39)9-6-10-28(29)23(2)36-37-32;2-1-3/h5,7-8,11-13,15-16,18-21,27,39H,1,6,9-10,14,17H2,2-4H3;/b18-12+;. The summed E-state index contributed by atoms with van der Waals surface area (Å²) in [5.41, 5.74) is 9.92. The van der Waals surface area contributed by atoms with Crippen LogP contribution in [0.25, 0.3) is 24.3 Å². The zero-order valence-corrected chi connectivity index (χ0v) is 24.8. The lowest BCUT2D eigenvalue weighted by molar-refractivity contribution is -0.191. The predicted molar refractivity (Wildman–Crippen MR) is 168 cm³/mol. The van der Waals surface area contributed by atoms with Crippen LogP contribution in [0.3, 0.4) is 0 Å². The van der Waals surface area contributed by atoms with Gasteiger partial charge in [0.2, 0.25) is 0 Å². The second-order valence-electron chi connectivity index (χ2n) is 11.1. The number of rotatable bonds is 4. The van der Waals surface area contributed by atoms with E-state index >= 15 is 0 Å². The number of nitrogens with zero attached hydrogens (tertiary/aromatic N) is 3. The maximum atomic E-state index is 10.3. The molecular weight excluding hydrogens is 538 g/mol. The van der Waals surface area contributed by atoms with Crippen LogP contribution in [0.2, 0.25) is 0 Å². The predicted octanol–water partition coefficient (Wildman–Crippen LogP) is 4.83. The van der Waals surface area contributed by atoms with Crippen LogP contribution in [0.4, 0.5) is 5.69 Å². The van der Waals surface area contributed by atoms with Crippen molar-refractivity contribution in [3.05, 3.63) is 110 Å². The molecule has 7 heteroatoms. The Morgan fingerprint density at radius 3 is 2.56 bits per heavy atom. The number of aliphatic hydroxyl groups is 1. The Hall–Kier alpha value is -4.84. The first kappa shape index (κ1) is 29.6. The van der Waals surface area contributed by atoms with Gasteiger partial charge in [0.15, 0.2) is 0 Å². The average molecular weight is 574 g/mol. The lowest BCUT2D eigenvalue weighted by atomic mass is 9.90. The Balaban J connectivity index is 0.00000118. The minimum Gasteiger partial charge on any atom is -0.456 e. The van der Waals surface area contributed by atoms with E-state index in [9.17, 15) is 5.11 Å². The molecule has 43 heavy (non-hydrogen) atoms. The molecule has 2 heterocycles. The van der Waals surface area contributed by atoms with E-state index in [4.69, 9.17) is 14.3 Å². The number of hydrogen-bond donors (Lipinski definition) is 1. The molecule has 0 amide bonds. The van der Waals surface area contributed by atoms with Crippen molar-refractivity contribution in [1.82, 2.24) is 10.2 Å². The molecule has 3 aromatic carbocycles. The van der Waals surface area contributed by atoms with E-state index in [2.05, 4.69) is 82.4 Å². The molecule has 1 unspecified atom stereocenters. The summed E-state index contributed by atoms with van der Waals surface area (Å²) in [5, 5.41) is 21.3. The molecule has 2 aliphatic rings. The topological polar surface area (TPSA) is 92.6 Å². The lowest BCUT2D eigenvalue weighted by Gasteiger charge is -2.23. The molecule has 1 atom stereocenters. The van der Waals surface area contributed by atoms with Crippen molar-refractivity contribution in [3.63, 3.8) is 0 Å². The molecular formula is C36H35N3O4. The summed E-state index contributed by atoms with van der Waals surface area (Å²) in [6, 6.07) is 21.1. The number of fused-ring (bicyclic) bond motifs is 3. The fourth-order valence-electron chi connectivity index (χ4n) is 5.82. The minimum absolute atomic E-state index is 0.245. The zero-order chi connectivity index (χ0) is 30.5. The zero-order valence-electron chi connectivity index (χ0n) is 24.8. The first-order chi connectivity index (χ1) is 20.8. The number of aromatic nitrogens is 2. The highest BCUT2D eigenvalue weighted by atomic mass is 16.5. The van der Waals surface area contributed by atoms with Crippen molar-refractivity contribution in [3.8, 4) is 11.5 Å². The fourth-order valence-corrected chi connectivity index (χ4v) is 5.82. The monoisotopic (exact) mass is 573 g/mol. The van der Waals surface area contributed by atoms with E-state index < -0.39 is 0 Å². The summed E-state index contributed by atoms with van der Waals surface area (Å²) in [6.07, 6.45) is 8.55. The van der Waals surface area contributed by atoms with Crippen LogP contribution in [0.5, 0.6) is 11.5 Å². The average Bonchev–Trinajstić information content (AvgIpc) is 2.98. The van der Waals surface area contributed by atoms with Gasteiger partial charge in [-0.25, -0.2) is 0 Å². The van der Waals surface area contributed by atoms with Crippen LogP contribution in [0.1, 0.15) is 58.5 Å². The Labute approximate surface area is 251 Å². The Bertz CT molecular complexity index is 1840. The maximum Gasteiger partial charge on any atom is 0.373 e. The van der Waals surface area contributed by atoms with E-state index in [1.807, 2.05) is 33.2 Å². The number of benzene rings is 3. The Kier molecular flexibility index (Phi) is 8.96. The summed E-state index contributed by atoms with van der Waals surface area (Å²) in [4.78, 5) is 18.3. The molecule has 7 nitrogen and oxygen atoms in total. The summed E-state index contributed by atoms with van der Waals surface area (Å²) in [7, 11) is 4.07. The van der Waals surface area contributed by atoms with Gasteiger partial charge in [-0.15, -0.1) is 0 Å².